The summed E-state index contributed by atoms with van der Waals surface area (Å²) in [7, 11) is 3.61. The van der Waals surface area contributed by atoms with Gasteiger partial charge in [-0.05, 0) is 120 Å². The SMILES string of the molecule is CCOC(=O)CC(=O)Cl.CPP.Cc1ccc(N)cc1.Cc1ccc(NC(=O)CC(=O)O)cc1.Cc1ccc(NC(=O)CC(=O)O)cc1.Cc1ccc2[nH]c(=O)c([N+](=O)[O-])c(O)c2c1.Cc1ccc2[nH]c(=O)cc(O)c2c1.NNN.[Na+].[OH-]. The third-order valence-electron chi connectivity index (χ3n) is 9.24. The quantitative estimate of drug-likeness (QED) is 0.0104. The number of nitrogens with one attached hydrogen (secondary N) is 5. The molecular formula is C53H67ClN9NaO16P2. The largest absolute Gasteiger partial charge is 1.00 e. The molecule has 2 unspecified atom stereocenters. The number of carbonyl (C=O) groups is 6. The number of hydrogen-bond acceptors (Lipinski definition) is 18. The van der Waals surface area contributed by atoms with Crippen molar-refractivity contribution in [2.24, 2.45) is 11.7 Å². The zero-order valence-corrected chi connectivity index (χ0v) is 51.1. The van der Waals surface area contributed by atoms with Crippen LogP contribution in [0.1, 0.15) is 54.0 Å². The Balaban J connectivity index is -0.000000901. The van der Waals surface area contributed by atoms with Crippen LogP contribution in [0.3, 0.4) is 0 Å². The van der Waals surface area contributed by atoms with Gasteiger partial charge in [-0.3, -0.25) is 60.2 Å². The number of carboxylic acid groups (broad SMARTS) is 2. The number of anilines is 3. The minimum atomic E-state index is -1.13. The van der Waals surface area contributed by atoms with E-state index < -0.39 is 69.7 Å². The third-order valence-corrected chi connectivity index (χ3v) is 9.37. The van der Waals surface area contributed by atoms with E-state index in [1.807, 2.05) is 88.4 Å². The number of fused-ring (bicyclic) bond motifs is 2. The Kier molecular flexibility index (Phi) is 41.3. The molecule has 5 aromatic carbocycles. The first-order valence-corrected chi connectivity index (χ1v) is 27.0. The van der Waals surface area contributed by atoms with Gasteiger partial charge >= 0.3 is 58.7 Å². The van der Waals surface area contributed by atoms with E-state index >= 15 is 0 Å². The van der Waals surface area contributed by atoms with Crippen LogP contribution in [-0.2, 0) is 33.5 Å². The molecule has 2 aromatic heterocycles. The number of esters is 1. The van der Waals surface area contributed by atoms with Gasteiger partial charge in [0.15, 0.2) is 0 Å². The summed E-state index contributed by atoms with van der Waals surface area (Å²) in [5.41, 5.74) is 13.6. The van der Waals surface area contributed by atoms with Crippen LogP contribution in [0, 0.1) is 44.7 Å². The van der Waals surface area contributed by atoms with Crippen LogP contribution in [0.5, 0.6) is 11.5 Å². The van der Waals surface area contributed by atoms with Crippen molar-refractivity contribution in [1.82, 2.24) is 15.5 Å². The number of hydrazine groups is 2. The number of nitro groups is 1. The molecule has 0 saturated carbocycles. The normalized spacial score (nSPS) is 9.40. The summed E-state index contributed by atoms with van der Waals surface area (Å²) in [5.74, 6) is 4.33. The summed E-state index contributed by atoms with van der Waals surface area (Å²) in [5, 5.41) is 51.6. The van der Waals surface area contributed by atoms with Gasteiger partial charge in [0.05, 0.1) is 22.6 Å². The van der Waals surface area contributed by atoms with Gasteiger partial charge in [-0.2, -0.15) is 5.53 Å². The van der Waals surface area contributed by atoms with Crippen molar-refractivity contribution in [2.45, 2.75) is 60.8 Å². The van der Waals surface area contributed by atoms with Crippen LogP contribution in [-0.4, -0.2) is 89.0 Å². The molecular weight excluding hydrogens is 1140 g/mol. The number of carbonyl (C=O) groups excluding carboxylic acids is 4. The van der Waals surface area contributed by atoms with Crippen LogP contribution in [0.2, 0.25) is 0 Å². The van der Waals surface area contributed by atoms with Gasteiger partial charge in [0, 0.05) is 33.9 Å². The minimum absolute atomic E-state index is 0. The Labute approximate surface area is 502 Å². The molecule has 0 saturated heterocycles. The van der Waals surface area contributed by atoms with E-state index in [9.17, 15) is 58.7 Å². The number of hydrogen-bond donors (Lipinski definition) is 12. The number of nitrogen functional groups attached to an aromatic ring is 1. The van der Waals surface area contributed by atoms with E-state index in [4.69, 9.17) is 27.5 Å². The number of amides is 2. The first-order chi connectivity index (χ1) is 37.6. The molecule has 7 aromatic rings. The number of pyridine rings is 2. The van der Waals surface area contributed by atoms with E-state index in [0.29, 0.717) is 27.8 Å². The number of aromatic hydroxyl groups is 2. The van der Waals surface area contributed by atoms with Gasteiger partial charge in [-0.1, -0.05) is 76.3 Å². The number of H-pyrrole nitrogens is 2. The molecule has 0 aliphatic rings. The number of nitrogens with two attached hydrogens (primary N) is 3. The summed E-state index contributed by atoms with van der Waals surface area (Å²) in [6.45, 7) is 13.7. The Bertz CT molecular complexity index is 3170. The van der Waals surface area contributed by atoms with E-state index in [0.717, 1.165) is 36.2 Å². The van der Waals surface area contributed by atoms with Gasteiger partial charge in [0.25, 0.3) is 5.56 Å². The molecule has 0 bridgehead atoms. The number of aromatic nitrogens is 2. The van der Waals surface area contributed by atoms with Crippen molar-refractivity contribution in [3.05, 3.63) is 174 Å². The zero-order valence-electron chi connectivity index (χ0n) is 46.2. The predicted octanol–water partition coefficient (Wildman–Crippen LogP) is 4.33. The fourth-order valence-electron chi connectivity index (χ4n) is 5.75. The van der Waals surface area contributed by atoms with Crippen molar-refractivity contribution in [3.8, 4) is 11.5 Å². The van der Waals surface area contributed by atoms with Gasteiger partial charge in [-0.25, -0.2) is 0 Å². The predicted molar refractivity (Wildman–Crippen MR) is 318 cm³/mol. The second kappa shape index (κ2) is 43.1. The average molecular weight is 1210 g/mol. The van der Waals surface area contributed by atoms with Gasteiger partial charge < -0.3 is 57.0 Å². The number of nitrogens with zero attached hydrogens (tertiary/aromatic N) is 1. The smallest absolute Gasteiger partial charge is 0.870 e. The Morgan fingerprint density at radius 3 is 1.39 bits per heavy atom. The zero-order chi connectivity index (χ0) is 61.1. The Morgan fingerprint density at radius 2 is 1.04 bits per heavy atom. The topological polar surface area (TPSA) is 446 Å². The number of carboxylic acids is 2. The Morgan fingerprint density at radius 1 is 0.671 bits per heavy atom. The summed E-state index contributed by atoms with van der Waals surface area (Å²) >= 11 is 4.87. The fraction of sp³-hybridized carbons (Fsp3) is 0.208. The molecule has 0 radical (unpaired) electrons. The number of aromatic amines is 2. The molecule has 0 aliphatic carbocycles. The van der Waals surface area contributed by atoms with Gasteiger partial charge in [-0.15, -0.1) is 17.2 Å². The van der Waals surface area contributed by atoms with E-state index in [1.54, 1.807) is 67.9 Å². The third kappa shape index (κ3) is 34.5. The maximum Gasteiger partial charge on any atom is 1.00 e. The van der Waals surface area contributed by atoms with Crippen molar-refractivity contribution < 1.29 is 93.9 Å². The summed E-state index contributed by atoms with van der Waals surface area (Å²) in [6, 6.07) is 33.7. The minimum Gasteiger partial charge on any atom is -0.870 e. The molecule has 2 amide bonds. The van der Waals surface area contributed by atoms with Crippen LogP contribution >= 0.6 is 28.8 Å². The van der Waals surface area contributed by atoms with Crippen molar-refractivity contribution in [3.63, 3.8) is 0 Å². The molecule has 2 atom stereocenters. The van der Waals surface area contributed by atoms with Crippen molar-refractivity contribution >= 4 is 108 Å². The standard InChI is InChI=1S/C10H8N2O4.2C10H11NO3.C10H9NO2.C7H9N.C5H7ClO3.CH6P2.H5N3.Na.H2O/c1-5-2-3-7-6(4-5)9(13)8(12(15)16)10(14)11-7;2*1-7-2-4-8(5-3-7)11-9(12)6-10(13)14;1-6-2-3-8-7(4-6)9(12)5-10(13)11-8;1-6-2-4-7(8)5-3-6;1-2-9-5(8)3-4(6)7;2*1-3-2;;/h2-4H,1H3,(H2,11,13,14);2*2-5H,6H2,1H3,(H,11,12)(H,13,14);2-5H,1H3,(H2,11,12,13);2-5H,8H2,1H3;2-3H2,1H3;3H,2H2,1H3;3H,1-2H2;;1H2/q;;;;;;;;+1;/p-1. The molecule has 0 fully saturated rings. The number of benzene rings is 5. The fourth-order valence-corrected chi connectivity index (χ4v) is 5.86. The molecule has 25 nitrogen and oxygen atoms in total. The number of rotatable bonds is 10. The molecule has 16 N–H and O–H groups in total. The molecule has 7 rings (SSSR count). The van der Waals surface area contributed by atoms with E-state index in [-0.39, 0.29) is 64.8 Å². The maximum absolute atomic E-state index is 11.3. The summed E-state index contributed by atoms with van der Waals surface area (Å²) < 4.78 is 4.41. The van der Waals surface area contributed by atoms with E-state index in [1.165, 1.54) is 11.6 Å². The van der Waals surface area contributed by atoms with E-state index in [2.05, 4.69) is 52.6 Å². The molecule has 2 heterocycles. The van der Waals surface area contributed by atoms with Crippen LogP contribution in [0.25, 0.3) is 21.8 Å². The molecule has 29 heteroatoms. The molecule has 82 heavy (non-hydrogen) atoms. The number of ether oxygens (including phenoxy) is 1. The maximum atomic E-state index is 11.3. The van der Waals surface area contributed by atoms with Crippen molar-refractivity contribution in [1.29, 1.82) is 0 Å². The summed E-state index contributed by atoms with van der Waals surface area (Å²) in [6.07, 6.45) is -1.35. The first-order valence-electron chi connectivity index (χ1n) is 23.3. The summed E-state index contributed by atoms with van der Waals surface area (Å²) in [4.78, 5) is 99.7. The second-order valence-electron chi connectivity index (χ2n) is 16.2. The van der Waals surface area contributed by atoms with Gasteiger partial charge in [0.1, 0.15) is 25.0 Å². The van der Waals surface area contributed by atoms with Crippen LogP contribution < -0.4 is 74.3 Å². The molecule has 0 aliphatic heterocycles. The average Bonchev–Trinajstić information content (AvgIpc) is 3.35. The number of aryl methyl sites for hydroxylation is 5. The first kappa shape index (κ1) is 78.6. The number of halogens is 1. The second-order valence-corrected chi connectivity index (χ2v) is 18.9. The Hall–Kier alpha value is -7.67. The molecule has 0 spiro atoms. The number of aliphatic carboxylic acids is 2. The van der Waals surface area contributed by atoms with Crippen molar-refractivity contribution in [2.75, 3.05) is 29.6 Å². The van der Waals surface area contributed by atoms with Crippen LogP contribution in [0.15, 0.2) is 125 Å². The monoisotopic (exact) mass is 1210 g/mol. The molecule has 438 valence electrons. The van der Waals surface area contributed by atoms with Gasteiger partial charge in [0.2, 0.25) is 22.8 Å². The van der Waals surface area contributed by atoms with Crippen LogP contribution in [0.4, 0.5) is 22.7 Å².